The molecule has 0 saturated heterocycles. The van der Waals surface area contributed by atoms with E-state index >= 15 is 0 Å². The van der Waals surface area contributed by atoms with Crippen molar-refractivity contribution in [3.63, 3.8) is 0 Å². The van der Waals surface area contributed by atoms with Gasteiger partial charge < -0.3 is 11.1 Å². The number of benzene rings is 1. The van der Waals surface area contributed by atoms with Crippen LogP contribution in [0.3, 0.4) is 0 Å². The fourth-order valence-corrected chi connectivity index (χ4v) is 2.03. The van der Waals surface area contributed by atoms with Crippen LogP contribution in [0.15, 0.2) is 42.6 Å². The summed E-state index contributed by atoms with van der Waals surface area (Å²) >= 11 is 5.87. The lowest BCUT2D eigenvalue weighted by Gasteiger charge is -2.27. The Morgan fingerprint density at radius 3 is 2.50 bits per heavy atom. The van der Waals surface area contributed by atoms with Gasteiger partial charge in [0.1, 0.15) is 5.82 Å². The van der Waals surface area contributed by atoms with Crippen LogP contribution in [0.25, 0.3) is 0 Å². The summed E-state index contributed by atoms with van der Waals surface area (Å²) in [5.74, 6) is -0.0348. The number of aromatic nitrogens is 1. The monoisotopic (exact) mass is 289 g/mol. The molecule has 1 amide bonds. The van der Waals surface area contributed by atoms with E-state index in [2.05, 4.69) is 10.3 Å². The number of rotatable bonds is 3. The summed E-state index contributed by atoms with van der Waals surface area (Å²) in [6.07, 6.45) is 1.55. The molecule has 1 aromatic carbocycles. The highest BCUT2D eigenvalue weighted by Crippen LogP contribution is 2.23. The van der Waals surface area contributed by atoms with Crippen molar-refractivity contribution in [2.75, 3.05) is 5.73 Å². The van der Waals surface area contributed by atoms with E-state index in [1.165, 1.54) is 0 Å². The summed E-state index contributed by atoms with van der Waals surface area (Å²) in [5, 5.41) is 3.61. The van der Waals surface area contributed by atoms with Crippen LogP contribution in [0, 0.1) is 0 Å². The molecule has 0 atom stereocenters. The standard InChI is InChI=1S/C15H16ClN3O/c1-15(2,10-5-7-11(16)8-6-10)19-14(20)12-4-3-9-18-13(12)17/h3-9H,1-2H3,(H2,17,18)(H,19,20). The van der Waals surface area contributed by atoms with Crippen LogP contribution in [0.4, 0.5) is 5.82 Å². The second-order valence-electron chi connectivity index (χ2n) is 5.02. The van der Waals surface area contributed by atoms with Crippen molar-refractivity contribution < 1.29 is 4.79 Å². The van der Waals surface area contributed by atoms with Gasteiger partial charge in [-0.3, -0.25) is 4.79 Å². The first kappa shape index (κ1) is 14.3. The molecule has 0 saturated carbocycles. The molecule has 0 radical (unpaired) electrons. The largest absolute Gasteiger partial charge is 0.383 e. The van der Waals surface area contributed by atoms with Gasteiger partial charge in [-0.1, -0.05) is 23.7 Å². The third-order valence-electron chi connectivity index (χ3n) is 3.08. The Kier molecular flexibility index (Phi) is 3.95. The van der Waals surface area contributed by atoms with Crippen LogP contribution in [0.2, 0.25) is 5.02 Å². The lowest BCUT2D eigenvalue weighted by Crippen LogP contribution is -2.41. The maximum absolute atomic E-state index is 12.3. The number of anilines is 1. The first-order valence-electron chi connectivity index (χ1n) is 6.19. The lowest BCUT2D eigenvalue weighted by molar-refractivity contribution is 0.0912. The van der Waals surface area contributed by atoms with Crippen LogP contribution in [-0.4, -0.2) is 10.9 Å². The summed E-state index contributed by atoms with van der Waals surface area (Å²) in [4.78, 5) is 16.2. The smallest absolute Gasteiger partial charge is 0.255 e. The van der Waals surface area contributed by atoms with Crippen molar-refractivity contribution in [1.82, 2.24) is 10.3 Å². The van der Waals surface area contributed by atoms with Gasteiger partial charge in [0.25, 0.3) is 5.91 Å². The van der Waals surface area contributed by atoms with E-state index in [4.69, 9.17) is 17.3 Å². The summed E-state index contributed by atoms with van der Waals surface area (Å²) in [6, 6.07) is 10.7. The molecule has 0 aliphatic carbocycles. The fraction of sp³-hybridized carbons (Fsp3) is 0.200. The Balaban J connectivity index is 2.22. The minimum Gasteiger partial charge on any atom is -0.383 e. The van der Waals surface area contributed by atoms with Crippen molar-refractivity contribution in [2.45, 2.75) is 19.4 Å². The maximum atomic E-state index is 12.3. The third-order valence-corrected chi connectivity index (χ3v) is 3.33. The molecular formula is C15H16ClN3O. The van der Waals surface area contributed by atoms with Crippen LogP contribution in [0.5, 0.6) is 0 Å². The zero-order chi connectivity index (χ0) is 14.8. The number of nitrogens with one attached hydrogen (secondary N) is 1. The molecule has 20 heavy (non-hydrogen) atoms. The van der Waals surface area contributed by atoms with E-state index in [9.17, 15) is 4.79 Å². The number of hydrogen-bond donors (Lipinski definition) is 2. The normalized spacial score (nSPS) is 11.2. The number of carbonyl (C=O) groups is 1. The Bertz CT molecular complexity index is 623. The molecule has 2 rings (SSSR count). The molecule has 0 aliphatic rings. The van der Waals surface area contributed by atoms with Gasteiger partial charge in [0.15, 0.2) is 0 Å². The molecule has 2 aromatic rings. The van der Waals surface area contributed by atoms with Crippen LogP contribution in [0.1, 0.15) is 29.8 Å². The summed E-state index contributed by atoms with van der Waals surface area (Å²) < 4.78 is 0. The second-order valence-corrected chi connectivity index (χ2v) is 5.46. The van der Waals surface area contributed by atoms with Gasteiger partial charge in [0.05, 0.1) is 11.1 Å². The number of nitrogens with zero attached hydrogens (tertiary/aromatic N) is 1. The van der Waals surface area contributed by atoms with Crippen molar-refractivity contribution in [1.29, 1.82) is 0 Å². The SMILES string of the molecule is CC(C)(NC(=O)c1cccnc1N)c1ccc(Cl)cc1. The number of carbonyl (C=O) groups excluding carboxylic acids is 1. The number of amides is 1. The molecule has 1 aromatic heterocycles. The number of pyridine rings is 1. The zero-order valence-electron chi connectivity index (χ0n) is 11.4. The van der Waals surface area contributed by atoms with E-state index in [1.807, 2.05) is 26.0 Å². The minimum absolute atomic E-state index is 0.219. The quantitative estimate of drug-likeness (QED) is 0.913. The third kappa shape index (κ3) is 3.08. The lowest BCUT2D eigenvalue weighted by atomic mass is 9.94. The predicted molar refractivity (Wildman–Crippen MR) is 80.6 cm³/mol. The molecule has 0 aliphatic heterocycles. The van der Waals surface area contributed by atoms with Crippen LogP contribution >= 0.6 is 11.6 Å². The molecule has 3 N–H and O–H groups in total. The molecular weight excluding hydrogens is 274 g/mol. The highest BCUT2D eigenvalue weighted by atomic mass is 35.5. The van der Waals surface area contributed by atoms with Crippen molar-refractivity contribution in [3.05, 3.63) is 58.7 Å². The van der Waals surface area contributed by atoms with Gasteiger partial charge >= 0.3 is 0 Å². The van der Waals surface area contributed by atoms with Gasteiger partial charge in [0.2, 0.25) is 0 Å². The molecule has 0 unspecified atom stereocenters. The van der Waals surface area contributed by atoms with Crippen LogP contribution < -0.4 is 11.1 Å². The number of halogens is 1. The fourth-order valence-electron chi connectivity index (χ4n) is 1.90. The summed E-state index contributed by atoms with van der Waals surface area (Å²) in [6.45, 7) is 3.83. The Labute approximate surface area is 123 Å². The van der Waals surface area contributed by atoms with E-state index in [1.54, 1.807) is 30.5 Å². The Hall–Kier alpha value is -2.07. The average Bonchev–Trinajstić information content (AvgIpc) is 2.39. The molecule has 0 spiro atoms. The van der Waals surface area contributed by atoms with Crippen molar-refractivity contribution in [2.24, 2.45) is 0 Å². The summed E-state index contributed by atoms with van der Waals surface area (Å²) in [5.41, 5.74) is 6.50. The average molecular weight is 290 g/mol. The molecule has 0 bridgehead atoms. The minimum atomic E-state index is -0.538. The number of nitrogens with two attached hydrogens (primary N) is 1. The molecule has 1 heterocycles. The predicted octanol–water partition coefficient (Wildman–Crippen LogP) is 2.98. The van der Waals surface area contributed by atoms with E-state index in [-0.39, 0.29) is 11.7 Å². The van der Waals surface area contributed by atoms with Gasteiger partial charge in [-0.2, -0.15) is 0 Å². The van der Waals surface area contributed by atoms with Gasteiger partial charge in [-0.05, 0) is 43.7 Å². The molecule has 4 nitrogen and oxygen atoms in total. The first-order valence-corrected chi connectivity index (χ1v) is 6.57. The van der Waals surface area contributed by atoms with Gasteiger partial charge in [0, 0.05) is 11.2 Å². The molecule has 0 fully saturated rings. The molecule has 5 heteroatoms. The van der Waals surface area contributed by atoms with Crippen molar-refractivity contribution in [3.8, 4) is 0 Å². The van der Waals surface area contributed by atoms with Crippen molar-refractivity contribution >= 4 is 23.3 Å². The number of hydrogen-bond acceptors (Lipinski definition) is 3. The van der Waals surface area contributed by atoms with E-state index < -0.39 is 5.54 Å². The highest BCUT2D eigenvalue weighted by Gasteiger charge is 2.24. The van der Waals surface area contributed by atoms with E-state index in [0.29, 0.717) is 10.6 Å². The van der Waals surface area contributed by atoms with Gasteiger partial charge in [-0.15, -0.1) is 0 Å². The Morgan fingerprint density at radius 1 is 1.25 bits per heavy atom. The first-order chi connectivity index (χ1) is 9.40. The molecule has 104 valence electrons. The Morgan fingerprint density at radius 2 is 1.90 bits per heavy atom. The van der Waals surface area contributed by atoms with Crippen LogP contribution in [-0.2, 0) is 5.54 Å². The maximum Gasteiger partial charge on any atom is 0.255 e. The highest BCUT2D eigenvalue weighted by molar-refractivity contribution is 6.30. The summed E-state index contributed by atoms with van der Waals surface area (Å²) in [7, 11) is 0. The second kappa shape index (κ2) is 5.51. The number of nitrogen functional groups attached to an aromatic ring is 1. The topological polar surface area (TPSA) is 68.0 Å². The van der Waals surface area contributed by atoms with Gasteiger partial charge in [-0.25, -0.2) is 4.98 Å². The van der Waals surface area contributed by atoms with E-state index in [0.717, 1.165) is 5.56 Å². The zero-order valence-corrected chi connectivity index (χ0v) is 12.1.